The molecule has 1 aliphatic heterocycles. The molecule has 1 aromatic heterocycles. The molecule has 0 bridgehead atoms. The number of fused-ring (bicyclic) bond motifs is 1. The number of aromatic nitrogens is 2. The van der Waals surface area contributed by atoms with Gasteiger partial charge in [0.15, 0.2) is 5.82 Å². The van der Waals surface area contributed by atoms with Gasteiger partial charge in [-0.05, 0) is 26.0 Å². The molecule has 2 aromatic carbocycles. The van der Waals surface area contributed by atoms with Crippen molar-refractivity contribution in [2.24, 2.45) is 0 Å². The maximum absolute atomic E-state index is 13.0. The molecule has 0 radical (unpaired) electrons. The molecule has 1 aliphatic rings. The average molecular weight is 386 g/mol. The van der Waals surface area contributed by atoms with Gasteiger partial charge in [0.25, 0.3) is 5.91 Å². The van der Waals surface area contributed by atoms with Gasteiger partial charge in [-0.2, -0.15) is 0 Å². The zero-order valence-electron chi connectivity index (χ0n) is 17.2. The van der Waals surface area contributed by atoms with Crippen molar-refractivity contribution in [2.75, 3.05) is 25.0 Å². The molecule has 0 fully saturated rings. The van der Waals surface area contributed by atoms with E-state index in [-0.39, 0.29) is 5.91 Å². The van der Waals surface area contributed by atoms with E-state index < -0.39 is 0 Å². The van der Waals surface area contributed by atoms with Crippen molar-refractivity contribution in [3.8, 4) is 11.4 Å². The van der Waals surface area contributed by atoms with E-state index in [1.165, 1.54) is 0 Å². The van der Waals surface area contributed by atoms with E-state index in [1.807, 2.05) is 73.5 Å². The van der Waals surface area contributed by atoms with E-state index >= 15 is 0 Å². The van der Waals surface area contributed by atoms with Gasteiger partial charge in [-0.1, -0.05) is 48.0 Å². The topological polar surface area (TPSA) is 49.3 Å². The third kappa shape index (κ3) is 3.86. The number of carbonyl (C=O) groups excluding carboxylic acids is 1. The molecule has 3 aromatic rings. The molecule has 5 nitrogen and oxygen atoms in total. The Bertz CT molecular complexity index is 1020. The average Bonchev–Trinajstić information content (AvgIpc) is 2.78. The van der Waals surface area contributed by atoms with Crippen LogP contribution in [0.5, 0.6) is 0 Å². The Morgan fingerprint density at radius 3 is 2.48 bits per heavy atom. The minimum Gasteiger partial charge on any atom is -0.360 e. The van der Waals surface area contributed by atoms with Crippen LogP contribution in [0.15, 0.2) is 54.6 Å². The smallest absolute Gasteiger partial charge is 0.254 e. The van der Waals surface area contributed by atoms with Gasteiger partial charge in [0.2, 0.25) is 0 Å². The second kappa shape index (κ2) is 8.03. The number of rotatable bonds is 4. The fourth-order valence-electron chi connectivity index (χ4n) is 3.63. The summed E-state index contributed by atoms with van der Waals surface area (Å²) in [6.45, 7) is 6.18. The summed E-state index contributed by atoms with van der Waals surface area (Å²) in [6.07, 6.45) is 0.736. The summed E-state index contributed by atoms with van der Waals surface area (Å²) in [5.74, 6) is 1.73. The van der Waals surface area contributed by atoms with Crippen LogP contribution in [-0.4, -0.2) is 40.9 Å². The number of hydrogen-bond acceptors (Lipinski definition) is 4. The first-order chi connectivity index (χ1) is 14.1. The van der Waals surface area contributed by atoms with E-state index in [9.17, 15) is 4.79 Å². The Kier molecular flexibility index (Phi) is 5.30. The third-order valence-electron chi connectivity index (χ3n) is 5.49. The van der Waals surface area contributed by atoms with Crippen LogP contribution in [-0.2, 0) is 13.0 Å². The first kappa shape index (κ1) is 19.1. The van der Waals surface area contributed by atoms with Crippen molar-refractivity contribution in [1.29, 1.82) is 0 Å². The highest BCUT2D eigenvalue weighted by Gasteiger charge is 2.27. The summed E-state index contributed by atoms with van der Waals surface area (Å²) in [6, 6.07) is 17.8. The van der Waals surface area contributed by atoms with Gasteiger partial charge >= 0.3 is 0 Å². The molecular weight excluding hydrogens is 360 g/mol. The van der Waals surface area contributed by atoms with Crippen LogP contribution in [0.2, 0.25) is 0 Å². The second-order valence-corrected chi connectivity index (χ2v) is 7.52. The van der Waals surface area contributed by atoms with E-state index in [4.69, 9.17) is 9.97 Å². The van der Waals surface area contributed by atoms with Gasteiger partial charge in [0.1, 0.15) is 5.82 Å². The van der Waals surface area contributed by atoms with Crippen LogP contribution >= 0.6 is 0 Å². The summed E-state index contributed by atoms with van der Waals surface area (Å²) in [5, 5.41) is 0. The van der Waals surface area contributed by atoms with Crippen LogP contribution in [0.1, 0.15) is 34.1 Å². The van der Waals surface area contributed by atoms with Crippen molar-refractivity contribution in [1.82, 2.24) is 14.9 Å². The molecule has 0 aliphatic carbocycles. The number of amides is 1. The van der Waals surface area contributed by atoms with Crippen molar-refractivity contribution in [2.45, 2.75) is 26.8 Å². The fourth-order valence-corrected chi connectivity index (χ4v) is 3.63. The van der Waals surface area contributed by atoms with Crippen LogP contribution in [0.25, 0.3) is 11.4 Å². The van der Waals surface area contributed by atoms with E-state index in [1.54, 1.807) is 0 Å². The molecule has 4 rings (SSSR count). The molecule has 1 amide bonds. The first-order valence-electron chi connectivity index (χ1n) is 10.1. The molecule has 0 atom stereocenters. The minimum absolute atomic E-state index is 0.0629. The predicted molar refractivity (Wildman–Crippen MR) is 116 cm³/mol. The van der Waals surface area contributed by atoms with Gasteiger partial charge < -0.3 is 9.80 Å². The molecule has 5 heteroatoms. The van der Waals surface area contributed by atoms with Crippen molar-refractivity contribution >= 4 is 11.7 Å². The molecule has 0 unspecified atom stereocenters. The van der Waals surface area contributed by atoms with Gasteiger partial charge in [0, 0.05) is 43.2 Å². The molecular formula is C24H26N4O. The lowest BCUT2D eigenvalue weighted by atomic mass is 10.0. The van der Waals surface area contributed by atoms with Gasteiger partial charge in [-0.25, -0.2) is 9.97 Å². The highest BCUT2D eigenvalue weighted by atomic mass is 16.2. The predicted octanol–water partition coefficient (Wildman–Crippen LogP) is 4.11. The van der Waals surface area contributed by atoms with E-state index in [0.29, 0.717) is 13.1 Å². The number of aryl methyl sites for hydroxylation is 1. The number of carbonyl (C=O) groups is 1. The molecule has 2 heterocycles. The highest BCUT2D eigenvalue weighted by molar-refractivity contribution is 5.94. The van der Waals surface area contributed by atoms with Crippen LogP contribution in [0.4, 0.5) is 5.82 Å². The molecule has 0 saturated carbocycles. The second-order valence-electron chi connectivity index (χ2n) is 7.52. The highest BCUT2D eigenvalue weighted by Crippen LogP contribution is 2.29. The molecule has 0 spiro atoms. The normalized spacial score (nSPS) is 13.1. The number of nitrogens with zero attached hydrogens (tertiary/aromatic N) is 4. The monoisotopic (exact) mass is 386 g/mol. The number of hydrogen-bond donors (Lipinski definition) is 0. The molecule has 0 N–H and O–H groups in total. The molecule has 148 valence electrons. The van der Waals surface area contributed by atoms with Crippen molar-refractivity contribution < 1.29 is 4.79 Å². The minimum atomic E-state index is 0.0629. The summed E-state index contributed by atoms with van der Waals surface area (Å²) in [4.78, 5) is 26.8. The summed E-state index contributed by atoms with van der Waals surface area (Å²) >= 11 is 0. The zero-order chi connectivity index (χ0) is 20.4. The SMILES string of the molecule is CCN(C)c1nc(-c2ccccc2)nc2c1CN(C(=O)c1ccc(C)cc1)CC2. The van der Waals surface area contributed by atoms with Gasteiger partial charge in [-0.3, -0.25) is 4.79 Å². The van der Waals surface area contributed by atoms with Crippen LogP contribution in [0.3, 0.4) is 0 Å². The maximum Gasteiger partial charge on any atom is 0.254 e. The quantitative estimate of drug-likeness (QED) is 0.677. The lowest BCUT2D eigenvalue weighted by molar-refractivity contribution is 0.0733. The Morgan fingerprint density at radius 1 is 1.07 bits per heavy atom. The number of benzene rings is 2. The van der Waals surface area contributed by atoms with Crippen molar-refractivity contribution in [3.05, 3.63) is 77.0 Å². The Balaban J connectivity index is 1.69. The summed E-state index contributed by atoms with van der Waals surface area (Å²) in [5.41, 5.74) is 4.99. The van der Waals surface area contributed by atoms with Crippen LogP contribution in [0, 0.1) is 6.92 Å². The maximum atomic E-state index is 13.0. The van der Waals surface area contributed by atoms with Gasteiger partial charge in [0.05, 0.1) is 12.2 Å². The van der Waals surface area contributed by atoms with Crippen molar-refractivity contribution in [3.63, 3.8) is 0 Å². The standard InChI is InChI=1S/C24H26N4O/c1-4-27(3)23-20-16-28(24(29)19-12-10-17(2)11-13-19)15-14-21(20)25-22(26-23)18-8-6-5-7-9-18/h5-13H,4,14-16H2,1-3H3. The Morgan fingerprint density at radius 2 is 1.79 bits per heavy atom. The summed E-state index contributed by atoms with van der Waals surface area (Å²) < 4.78 is 0. The Hall–Kier alpha value is -3.21. The first-order valence-corrected chi connectivity index (χ1v) is 10.1. The number of anilines is 1. The van der Waals surface area contributed by atoms with E-state index in [0.717, 1.165) is 52.6 Å². The zero-order valence-corrected chi connectivity index (χ0v) is 17.2. The Labute approximate surface area is 172 Å². The lowest BCUT2D eigenvalue weighted by Crippen LogP contribution is -2.37. The van der Waals surface area contributed by atoms with Crippen LogP contribution < -0.4 is 4.90 Å². The third-order valence-corrected chi connectivity index (χ3v) is 5.49. The summed E-state index contributed by atoms with van der Waals surface area (Å²) in [7, 11) is 2.04. The fraction of sp³-hybridized carbons (Fsp3) is 0.292. The van der Waals surface area contributed by atoms with E-state index in [2.05, 4.69) is 11.8 Å². The molecule has 0 saturated heterocycles. The largest absolute Gasteiger partial charge is 0.360 e. The van der Waals surface area contributed by atoms with Gasteiger partial charge in [-0.15, -0.1) is 0 Å². The molecule has 29 heavy (non-hydrogen) atoms. The lowest BCUT2D eigenvalue weighted by Gasteiger charge is -2.31.